The van der Waals surface area contributed by atoms with Gasteiger partial charge in [0.1, 0.15) is 5.82 Å². The Balaban J connectivity index is 2.49. The third kappa shape index (κ3) is 2.88. The van der Waals surface area contributed by atoms with Gasteiger partial charge in [-0.15, -0.1) is 0 Å². The van der Waals surface area contributed by atoms with Crippen molar-refractivity contribution in [3.05, 3.63) is 29.3 Å². The number of carbonyl (C=O) groups excluding carboxylic acids is 2. The topological polar surface area (TPSA) is 114 Å². The van der Waals surface area contributed by atoms with Gasteiger partial charge in [0.05, 0.1) is 5.56 Å². The molecule has 106 valence electrons. The van der Waals surface area contributed by atoms with Gasteiger partial charge in [-0.3, -0.25) is 10.1 Å². The second-order valence-electron chi connectivity index (χ2n) is 4.25. The minimum atomic E-state index is -0.749. The molecule has 6 nitrogen and oxygen atoms in total. The van der Waals surface area contributed by atoms with Crippen molar-refractivity contribution in [3.8, 4) is 0 Å². The molecule has 1 aromatic heterocycles. The summed E-state index contributed by atoms with van der Waals surface area (Å²) in [5.74, 6) is 1.54. The normalized spacial score (nSPS) is 10.7. The average Bonchev–Trinajstić information content (AvgIpc) is 2.72. The lowest BCUT2D eigenvalue weighted by Crippen LogP contribution is -2.22. The first-order chi connectivity index (χ1) is 9.52. The number of carbonyl (C=O) groups is 2. The largest absolute Gasteiger partial charge is 0.365 e. The van der Waals surface area contributed by atoms with Crippen molar-refractivity contribution in [2.75, 3.05) is 11.1 Å². The molecular formula is C13H16N4O2S. The van der Waals surface area contributed by atoms with Crippen LogP contribution < -0.4 is 16.8 Å². The lowest BCUT2D eigenvalue weighted by molar-refractivity contribution is 0.100. The highest BCUT2D eigenvalue weighted by molar-refractivity contribution is 7.98. The van der Waals surface area contributed by atoms with E-state index in [1.54, 1.807) is 11.8 Å². The number of amides is 3. The Morgan fingerprint density at radius 2 is 2.10 bits per heavy atom. The molecule has 0 aliphatic rings. The molecule has 2 aromatic rings. The third-order valence-electron chi connectivity index (χ3n) is 2.83. The van der Waals surface area contributed by atoms with Crippen molar-refractivity contribution in [2.45, 2.75) is 12.7 Å². The highest BCUT2D eigenvalue weighted by Gasteiger charge is 2.17. The Hall–Kier alpha value is -2.15. The van der Waals surface area contributed by atoms with Crippen LogP contribution in [0.2, 0.25) is 0 Å². The first-order valence-electron chi connectivity index (χ1n) is 6.11. The number of rotatable bonds is 5. The van der Waals surface area contributed by atoms with Gasteiger partial charge < -0.3 is 16.5 Å². The van der Waals surface area contributed by atoms with Crippen LogP contribution in [0.25, 0.3) is 10.9 Å². The maximum Gasteiger partial charge on any atom is 0.317 e. The molecule has 6 N–H and O–H groups in total. The zero-order chi connectivity index (χ0) is 14.7. The van der Waals surface area contributed by atoms with Crippen LogP contribution in [0.4, 0.5) is 10.6 Å². The van der Waals surface area contributed by atoms with Crippen LogP contribution in [0.3, 0.4) is 0 Å². The van der Waals surface area contributed by atoms with Crippen molar-refractivity contribution in [2.24, 2.45) is 11.5 Å². The van der Waals surface area contributed by atoms with E-state index in [2.05, 4.69) is 17.2 Å². The molecule has 0 saturated carbocycles. The molecule has 3 amide bonds. The van der Waals surface area contributed by atoms with E-state index in [0.29, 0.717) is 5.39 Å². The summed E-state index contributed by atoms with van der Waals surface area (Å²) in [5, 5.41) is 3.06. The lowest BCUT2D eigenvalue weighted by atomic mass is 10.1. The quantitative estimate of drug-likeness (QED) is 0.675. The molecule has 0 saturated heterocycles. The number of aromatic amines is 1. The molecule has 0 unspecified atom stereocenters. The van der Waals surface area contributed by atoms with Gasteiger partial charge in [-0.1, -0.05) is 19.1 Å². The summed E-state index contributed by atoms with van der Waals surface area (Å²) in [4.78, 5) is 25.5. The second-order valence-corrected chi connectivity index (χ2v) is 5.52. The minimum absolute atomic E-state index is 0.236. The number of aromatic nitrogens is 1. The minimum Gasteiger partial charge on any atom is -0.365 e. The van der Waals surface area contributed by atoms with Crippen LogP contribution in [0.5, 0.6) is 0 Å². The van der Waals surface area contributed by atoms with E-state index >= 15 is 0 Å². The molecule has 0 spiro atoms. The molecular weight excluding hydrogens is 276 g/mol. The van der Waals surface area contributed by atoms with Crippen molar-refractivity contribution in [3.63, 3.8) is 0 Å². The van der Waals surface area contributed by atoms with E-state index in [-0.39, 0.29) is 11.4 Å². The van der Waals surface area contributed by atoms with E-state index in [9.17, 15) is 9.59 Å². The first kappa shape index (κ1) is 14.3. The Kier molecular flexibility index (Phi) is 4.19. The van der Waals surface area contributed by atoms with Crippen molar-refractivity contribution in [1.29, 1.82) is 0 Å². The predicted molar refractivity (Wildman–Crippen MR) is 81.9 cm³/mol. The van der Waals surface area contributed by atoms with Gasteiger partial charge in [-0.2, -0.15) is 11.8 Å². The lowest BCUT2D eigenvalue weighted by Gasteiger charge is -2.01. The summed E-state index contributed by atoms with van der Waals surface area (Å²) in [6.45, 7) is 2.10. The summed E-state index contributed by atoms with van der Waals surface area (Å²) in [6.07, 6.45) is 0. The average molecular weight is 292 g/mol. The number of benzene rings is 1. The monoisotopic (exact) mass is 292 g/mol. The fourth-order valence-corrected chi connectivity index (χ4v) is 2.65. The van der Waals surface area contributed by atoms with Gasteiger partial charge >= 0.3 is 6.03 Å². The van der Waals surface area contributed by atoms with Crippen LogP contribution in [-0.4, -0.2) is 22.7 Å². The van der Waals surface area contributed by atoms with E-state index in [1.807, 2.05) is 18.2 Å². The summed E-state index contributed by atoms with van der Waals surface area (Å²) >= 11 is 1.80. The second kappa shape index (κ2) is 5.87. The van der Waals surface area contributed by atoms with Crippen LogP contribution in [0.15, 0.2) is 18.2 Å². The first-order valence-corrected chi connectivity index (χ1v) is 7.27. The third-order valence-corrected chi connectivity index (χ3v) is 3.78. The molecule has 0 aliphatic carbocycles. The SMILES string of the molecule is CCSCc1ccc2c(C(N)=O)c(NC(N)=O)[nH]c2c1. The number of nitrogens with one attached hydrogen (secondary N) is 2. The van der Waals surface area contributed by atoms with E-state index < -0.39 is 11.9 Å². The van der Waals surface area contributed by atoms with Gasteiger partial charge in [-0.25, -0.2) is 4.79 Å². The molecule has 7 heteroatoms. The van der Waals surface area contributed by atoms with Gasteiger partial charge in [0.2, 0.25) is 0 Å². The Bertz CT molecular complexity index is 666. The number of hydrogen-bond donors (Lipinski definition) is 4. The summed E-state index contributed by atoms with van der Waals surface area (Å²) < 4.78 is 0. The molecule has 0 bridgehead atoms. The molecule has 0 atom stereocenters. The molecule has 0 fully saturated rings. The van der Waals surface area contributed by atoms with Gasteiger partial charge in [0.25, 0.3) is 5.91 Å². The van der Waals surface area contributed by atoms with E-state index in [1.165, 1.54) is 0 Å². The summed E-state index contributed by atoms with van der Waals surface area (Å²) in [6, 6.07) is 4.96. The maximum absolute atomic E-state index is 11.5. The van der Waals surface area contributed by atoms with Gasteiger partial charge in [0.15, 0.2) is 0 Å². The Labute approximate surface area is 120 Å². The van der Waals surface area contributed by atoms with E-state index in [0.717, 1.165) is 22.6 Å². The molecule has 1 heterocycles. The highest BCUT2D eigenvalue weighted by Crippen LogP contribution is 2.27. The Morgan fingerprint density at radius 1 is 1.35 bits per heavy atom. The molecule has 0 aliphatic heterocycles. The van der Waals surface area contributed by atoms with Crippen LogP contribution in [-0.2, 0) is 5.75 Å². The number of nitrogens with two attached hydrogens (primary N) is 2. The zero-order valence-electron chi connectivity index (χ0n) is 11.0. The smallest absolute Gasteiger partial charge is 0.317 e. The van der Waals surface area contributed by atoms with Gasteiger partial charge in [0, 0.05) is 16.7 Å². The Morgan fingerprint density at radius 3 is 2.70 bits per heavy atom. The predicted octanol–water partition coefficient (Wildman–Crippen LogP) is 2.01. The summed E-state index contributed by atoms with van der Waals surface area (Å²) in [7, 11) is 0. The molecule has 2 rings (SSSR count). The molecule has 0 radical (unpaired) electrons. The van der Waals surface area contributed by atoms with Gasteiger partial charge in [-0.05, 0) is 17.4 Å². The number of anilines is 1. The number of thioether (sulfide) groups is 1. The molecule has 20 heavy (non-hydrogen) atoms. The van der Waals surface area contributed by atoms with Crippen molar-refractivity contribution < 1.29 is 9.59 Å². The van der Waals surface area contributed by atoms with Crippen LogP contribution >= 0.6 is 11.8 Å². The number of H-pyrrole nitrogens is 1. The maximum atomic E-state index is 11.5. The number of urea groups is 1. The fraction of sp³-hybridized carbons (Fsp3) is 0.231. The number of primary amides is 2. The number of hydrogen-bond acceptors (Lipinski definition) is 3. The standard InChI is InChI=1S/C13H16N4O2S/c1-2-20-6-7-3-4-8-9(5-7)16-12(17-13(15)19)10(8)11(14)18/h3-5,16H,2,6H2,1H3,(H2,14,18)(H3,15,17,19). The van der Waals surface area contributed by atoms with Crippen LogP contribution in [0, 0.1) is 0 Å². The van der Waals surface area contributed by atoms with Crippen molar-refractivity contribution >= 4 is 40.4 Å². The highest BCUT2D eigenvalue weighted by atomic mass is 32.2. The zero-order valence-corrected chi connectivity index (χ0v) is 11.8. The van der Waals surface area contributed by atoms with Crippen molar-refractivity contribution in [1.82, 2.24) is 4.98 Å². The van der Waals surface area contributed by atoms with E-state index in [4.69, 9.17) is 11.5 Å². The molecule has 1 aromatic carbocycles. The summed E-state index contributed by atoms with van der Waals surface area (Å²) in [5.41, 5.74) is 12.6. The fourth-order valence-electron chi connectivity index (χ4n) is 2.03. The number of fused-ring (bicyclic) bond motifs is 1. The van der Waals surface area contributed by atoms with Crippen LogP contribution in [0.1, 0.15) is 22.8 Å².